The average Bonchev–Trinajstić information content (AvgIpc) is 2.84. The van der Waals surface area contributed by atoms with Crippen molar-refractivity contribution in [2.75, 3.05) is 11.4 Å². The van der Waals surface area contributed by atoms with E-state index in [-0.39, 0.29) is 29.0 Å². The quantitative estimate of drug-likeness (QED) is 0.836. The molecular weight excluding hydrogens is 323 g/mol. The number of hydrogen-bond donors (Lipinski definition) is 0. The van der Waals surface area contributed by atoms with Crippen LogP contribution in [0.3, 0.4) is 0 Å². The minimum atomic E-state index is -0.371. The van der Waals surface area contributed by atoms with Crippen LogP contribution in [0.4, 0.5) is 10.1 Å². The Morgan fingerprint density at radius 2 is 2.22 bits per heavy atom. The van der Waals surface area contributed by atoms with Crippen LogP contribution < -0.4 is 10.6 Å². The lowest BCUT2D eigenvalue weighted by Gasteiger charge is -2.31. The molecule has 8 heteroatoms. The predicted molar refractivity (Wildman–Crippen MR) is 84.3 cm³/mol. The molecular formula is C15H16ClFN4O2. The minimum absolute atomic E-state index is 0.175. The van der Waals surface area contributed by atoms with Gasteiger partial charge in [-0.25, -0.2) is 13.9 Å². The van der Waals surface area contributed by atoms with E-state index in [0.717, 1.165) is 16.7 Å². The van der Waals surface area contributed by atoms with Crippen LogP contribution in [0, 0.1) is 12.7 Å². The molecule has 0 saturated heterocycles. The Morgan fingerprint density at radius 3 is 2.87 bits per heavy atom. The molecule has 0 spiro atoms. The van der Waals surface area contributed by atoms with Gasteiger partial charge in [0.25, 0.3) is 0 Å². The van der Waals surface area contributed by atoms with Crippen molar-refractivity contribution in [2.45, 2.75) is 26.3 Å². The highest BCUT2D eigenvalue weighted by molar-refractivity contribution is 6.34. The molecule has 0 fully saturated rings. The van der Waals surface area contributed by atoms with Crippen molar-refractivity contribution in [2.24, 2.45) is 7.05 Å². The third-order valence-electron chi connectivity index (χ3n) is 4.13. The second kappa shape index (κ2) is 5.81. The molecule has 1 aromatic heterocycles. The minimum Gasteiger partial charge on any atom is -0.309 e. The number of fused-ring (bicyclic) bond motifs is 1. The number of carbonyl (C=O) groups is 1. The van der Waals surface area contributed by atoms with Gasteiger partial charge in [0.1, 0.15) is 18.7 Å². The van der Waals surface area contributed by atoms with Crippen molar-refractivity contribution in [3.8, 4) is 0 Å². The van der Waals surface area contributed by atoms with Gasteiger partial charge in [-0.2, -0.15) is 5.10 Å². The van der Waals surface area contributed by atoms with Gasteiger partial charge in [-0.1, -0.05) is 11.6 Å². The molecule has 0 saturated carbocycles. The Balaban J connectivity index is 1.97. The van der Waals surface area contributed by atoms with E-state index < -0.39 is 0 Å². The van der Waals surface area contributed by atoms with E-state index in [0.29, 0.717) is 24.2 Å². The summed E-state index contributed by atoms with van der Waals surface area (Å²) in [6.07, 6.45) is 2.74. The summed E-state index contributed by atoms with van der Waals surface area (Å²) in [6.45, 7) is 1.99. The highest BCUT2D eigenvalue weighted by Gasteiger charge is 2.28. The molecule has 0 radical (unpaired) electrons. The molecule has 0 unspecified atom stereocenters. The molecule has 6 nitrogen and oxygen atoms in total. The maximum atomic E-state index is 13.9. The Morgan fingerprint density at radius 1 is 1.48 bits per heavy atom. The van der Waals surface area contributed by atoms with E-state index >= 15 is 0 Å². The summed E-state index contributed by atoms with van der Waals surface area (Å²) in [5, 5.41) is 4.10. The fraction of sp³-hybridized carbons (Fsp3) is 0.400. The molecule has 3 rings (SSSR count). The zero-order valence-corrected chi connectivity index (χ0v) is 13.6. The normalized spacial score (nSPS) is 14.0. The summed E-state index contributed by atoms with van der Waals surface area (Å²) >= 11 is 6.17. The molecule has 0 atom stereocenters. The fourth-order valence-corrected chi connectivity index (χ4v) is 3.18. The number of benzene rings is 1. The molecule has 1 amide bonds. The zero-order chi connectivity index (χ0) is 16.7. The Bertz CT molecular complexity index is 843. The number of aryl methyl sites for hydroxylation is 1. The van der Waals surface area contributed by atoms with Gasteiger partial charge in [0.15, 0.2) is 0 Å². The van der Waals surface area contributed by atoms with Crippen molar-refractivity contribution < 1.29 is 9.18 Å². The first kappa shape index (κ1) is 15.7. The van der Waals surface area contributed by atoms with Gasteiger partial charge in [0.05, 0.1) is 10.7 Å². The molecule has 23 heavy (non-hydrogen) atoms. The summed E-state index contributed by atoms with van der Waals surface area (Å²) in [5.74, 6) is -0.663. The van der Waals surface area contributed by atoms with Gasteiger partial charge in [-0.05, 0) is 37.0 Å². The van der Waals surface area contributed by atoms with E-state index in [1.165, 1.54) is 21.9 Å². The van der Waals surface area contributed by atoms with Crippen LogP contribution in [0.1, 0.15) is 17.5 Å². The summed E-state index contributed by atoms with van der Waals surface area (Å²) in [6, 6.07) is 1.23. The summed E-state index contributed by atoms with van der Waals surface area (Å²) in [5.41, 5.74) is 1.45. The lowest BCUT2D eigenvalue weighted by atomic mass is 9.96. The molecule has 2 heterocycles. The monoisotopic (exact) mass is 338 g/mol. The van der Waals surface area contributed by atoms with E-state index in [1.807, 2.05) is 0 Å². The molecule has 2 aromatic rings. The smallest absolute Gasteiger partial charge is 0.309 e. The maximum absolute atomic E-state index is 13.9. The van der Waals surface area contributed by atoms with Crippen molar-refractivity contribution in [1.29, 1.82) is 0 Å². The Kier molecular flexibility index (Phi) is 3.97. The standard InChI is InChI=1S/C15H16ClFN4O2/c1-9-10-4-3-5-20(14(10)11(16)6-12(9)17)13(22)7-21-15(23)19(2)8-18-21/h6,8H,3-5,7H2,1-2H3. The first-order valence-electron chi connectivity index (χ1n) is 7.26. The lowest BCUT2D eigenvalue weighted by molar-refractivity contribution is -0.119. The first-order valence-corrected chi connectivity index (χ1v) is 7.64. The molecule has 122 valence electrons. The second-order valence-electron chi connectivity index (χ2n) is 5.62. The summed E-state index contributed by atoms with van der Waals surface area (Å²) in [4.78, 5) is 25.9. The molecule has 0 bridgehead atoms. The molecule has 1 aliphatic heterocycles. The van der Waals surface area contributed by atoms with Crippen molar-refractivity contribution in [3.63, 3.8) is 0 Å². The van der Waals surface area contributed by atoms with Crippen LogP contribution in [0.15, 0.2) is 17.2 Å². The fourth-order valence-electron chi connectivity index (χ4n) is 2.87. The number of aromatic nitrogens is 3. The average molecular weight is 339 g/mol. The topological polar surface area (TPSA) is 60.1 Å². The molecule has 0 aliphatic carbocycles. The summed E-state index contributed by atoms with van der Waals surface area (Å²) in [7, 11) is 1.56. The van der Waals surface area contributed by atoms with Crippen LogP contribution in [-0.4, -0.2) is 26.8 Å². The van der Waals surface area contributed by atoms with E-state index in [2.05, 4.69) is 5.10 Å². The predicted octanol–water partition coefficient (Wildman–Crippen LogP) is 1.66. The third kappa shape index (κ3) is 2.65. The van der Waals surface area contributed by atoms with Crippen LogP contribution >= 0.6 is 11.6 Å². The Labute approximate surface area is 137 Å². The van der Waals surface area contributed by atoms with Crippen LogP contribution in [0.2, 0.25) is 5.02 Å². The highest BCUT2D eigenvalue weighted by Crippen LogP contribution is 2.37. The maximum Gasteiger partial charge on any atom is 0.345 e. The van der Waals surface area contributed by atoms with Crippen LogP contribution in [0.5, 0.6) is 0 Å². The largest absolute Gasteiger partial charge is 0.345 e. The molecule has 0 N–H and O–H groups in total. The van der Waals surface area contributed by atoms with Gasteiger partial charge in [-0.15, -0.1) is 0 Å². The third-order valence-corrected chi connectivity index (χ3v) is 4.42. The van der Waals surface area contributed by atoms with Crippen LogP contribution in [-0.2, 0) is 24.8 Å². The number of nitrogens with zero attached hydrogens (tertiary/aromatic N) is 4. The molecule has 1 aliphatic rings. The van der Waals surface area contributed by atoms with E-state index in [1.54, 1.807) is 14.0 Å². The Hall–Kier alpha value is -2.15. The zero-order valence-electron chi connectivity index (χ0n) is 12.8. The van der Waals surface area contributed by atoms with E-state index in [4.69, 9.17) is 11.6 Å². The lowest BCUT2D eigenvalue weighted by Crippen LogP contribution is -2.40. The van der Waals surface area contributed by atoms with Gasteiger partial charge < -0.3 is 4.90 Å². The number of hydrogen-bond acceptors (Lipinski definition) is 3. The van der Waals surface area contributed by atoms with Crippen molar-refractivity contribution >= 4 is 23.2 Å². The number of rotatable bonds is 2. The number of anilines is 1. The second-order valence-corrected chi connectivity index (χ2v) is 6.03. The SMILES string of the molecule is Cc1c(F)cc(Cl)c2c1CCCN2C(=O)Cn1ncn(C)c1=O. The van der Waals surface area contributed by atoms with E-state index in [9.17, 15) is 14.0 Å². The van der Waals surface area contributed by atoms with Gasteiger partial charge in [-0.3, -0.25) is 9.36 Å². The van der Waals surface area contributed by atoms with Crippen molar-refractivity contribution in [1.82, 2.24) is 14.3 Å². The molecule has 1 aromatic carbocycles. The number of amides is 1. The van der Waals surface area contributed by atoms with Gasteiger partial charge in [0, 0.05) is 13.6 Å². The number of halogens is 2. The highest BCUT2D eigenvalue weighted by atomic mass is 35.5. The number of carbonyl (C=O) groups excluding carboxylic acids is 1. The van der Waals surface area contributed by atoms with Gasteiger partial charge in [0.2, 0.25) is 5.91 Å². The summed E-state index contributed by atoms with van der Waals surface area (Å²) < 4.78 is 16.2. The van der Waals surface area contributed by atoms with Gasteiger partial charge >= 0.3 is 5.69 Å². The van der Waals surface area contributed by atoms with Crippen LogP contribution in [0.25, 0.3) is 0 Å². The van der Waals surface area contributed by atoms with Crippen molar-refractivity contribution in [3.05, 3.63) is 44.8 Å². The first-order chi connectivity index (χ1) is 10.9.